The fourth-order valence-electron chi connectivity index (χ4n) is 2.20. The third-order valence-electron chi connectivity index (χ3n) is 3.30. The van der Waals surface area contributed by atoms with Gasteiger partial charge >= 0.3 is 0 Å². The summed E-state index contributed by atoms with van der Waals surface area (Å²) in [5.41, 5.74) is 1.62. The van der Waals surface area contributed by atoms with Gasteiger partial charge in [-0.2, -0.15) is 0 Å². The number of carbonyl (C=O) groups excluding carboxylic acids is 1. The highest BCUT2D eigenvalue weighted by Crippen LogP contribution is 2.16. The van der Waals surface area contributed by atoms with E-state index in [1.54, 1.807) is 12.1 Å². The highest BCUT2D eigenvalue weighted by atomic mass is 35.5. The van der Waals surface area contributed by atoms with Gasteiger partial charge in [0, 0.05) is 23.2 Å². The molecular weight excluding hydrogens is 248 g/mol. The van der Waals surface area contributed by atoms with Crippen molar-refractivity contribution >= 4 is 17.5 Å². The zero-order chi connectivity index (χ0) is 13.0. The smallest absolute Gasteiger partial charge is 0.251 e. The second kappa shape index (κ2) is 6.21. The van der Waals surface area contributed by atoms with Gasteiger partial charge < -0.3 is 10.6 Å². The lowest BCUT2D eigenvalue weighted by Crippen LogP contribution is -2.40. The number of amides is 1. The predicted octanol–water partition coefficient (Wildman–Crippen LogP) is 2.52. The molecule has 1 aromatic rings. The van der Waals surface area contributed by atoms with Crippen molar-refractivity contribution in [1.29, 1.82) is 0 Å². The number of hydrogen-bond acceptors (Lipinski definition) is 2. The molecule has 0 bridgehead atoms. The van der Waals surface area contributed by atoms with Crippen molar-refractivity contribution in [3.8, 4) is 0 Å². The van der Waals surface area contributed by atoms with Gasteiger partial charge in [0.15, 0.2) is 0 Å². The zero-order valence-corrected chi connectivity index (χ0v) is 11.4. The van der Waals surface area contributed by atoms with Crippen LogP contribution in [0.1, 0.15) is 35.2 Å². The van der Waals surface area contributed by atoms with E-state index in [-0.39, 0.29) is 11.9 Å². The number of carbonyl (C=O) groups is 1. The summed E-state index contributed by atoms with van der Waals surface area (Å²) in [6.07, 6.45) is 3.40. The lowest BCUT2D eigenvalue weighted by molar-refractivity contribution is 0.0935. The van der Waals surface area contributed by atoms with Crippen LogP contribution >= 0.6 is 11.6 Å². The van der Waals surface area contributed by atoms with Gasteiger partial charge in [0.2, 0.25) is 0 Å². The molecule has 0 radical (unpaired) electrons. The standard InChI is InChI=1S/C14H19ClN2O/c1-10-8-11(5-6-13(10)15)14(18)17-12-4-2-3-7-16-9-12/h5-6,8,12,16H,2-4,7,9H2,1H3,(H,17,18). The first-order valence-electron chi connectivity index (χ1n) is 6.44. The Balaban J connectivity index is 1.99. The van der Waals surface area contributed by atoms with Gasteiger partial charge in [-0.15, -0.1) is 0 Å². The number of halogens is 1. The SMILES string of the molecule is Cc1cc(C(=O)NC2CCCCNC2)ccc1Cl. The minimum absolute atomic E-state index is 0.0107. The van der Waals surface area contributed by atoms with E-state index >= 15 is 0 Å². The average molecular weight is 267 g/mol. The van der Waals surface area contributed by atoms with Crippen molar-refractivity contribution in [1.82, 2.24) is 10.6 Å². The van der Waals surface area contributed by atoms with Crippen LogP contribution in [0.2, 0.25) is 5.02 Å². The first-order valence-corrected chi connectivity index (χ1v) is 6.82. The molecule has 4 heteroatoms. The average Bonchev–Trinajstić information content (AvgIpc) is 2.61. The molecule has 1 aliphatic heterocycles. The molecule has 3 nitrogen and oxygen atoms in total. The van der Waals surface area contributed by atoms with E-state index in [1.165, 1.54) is 6.42 Å². The summed E-state index contributed by atoms with van der Waals surface area (Å²) in [4.78, 5) is 12.1. The van der Waals surface area contributed by atoms with Crippen LogP contribution in [0.5, 0.6) is 0 Å². The summed E-state index contributed by atoms with van der Waals surface area (Å²) in [6.45, 7) is 3.82. The molecule has 1 aromatic carbocycles. The van der Waals surface area contributed by atoms with Gasteiger partial charge in [-0.1, -0.05) is 18.0 Å². The van der Waals surface area contributed by atoms with Crippen molar-refractivity contribution in [2.24, 2.45) is 0 Å². The molecule has 1 saturated heterocycles. The van der Waals surface area contributed by atoms with Gasteiger partial charge in [-0.25, -0.2) is 0 Å². The van der Waals surface area contributed by atoms with E-state index in [2.05, 4.69) is 10.6 Å². The second-order valence-corrected chi connectivity index (χ2v) is 5.24. The Hall–Kier alpha value is -1.06. The molecule has 1 amide bonds. The van der Waals surface area contributed by atoms with Crippen LogP contribution in [0, 0.1) is 6.92 Å². The molecule has 98 valence electrons. The summed E-state index contributed by atoms with van der Waals surface area (Å²) in [7, 11) is 0. The summed E-state index contributed by atoms with van der Waals surface area (Å²) >= 11 is 5.96. The molecule has 1 fully saturated rings. The van der Waals surface area contributed by atoms with Crippen LogP contribution < -0.4 is 10.6 Å². The van der Waals surface area contributed by atoms with Crippen LogP contribution in [0.25, 0.3) is 0 Å². The lowest BCUT2D eigenvalue weighted by atomic mass is 10.1. The number of hydrogen-bond donors (Lipinski definition) is 2. The molecule has 18 heavy (non-hydrogen) atoms. The van der Waals surface area contributed by atoms with Crippen molar-refractivity contribution in [2.75, 3.05) is 13.1 Å². The third-order valence-corrected chi connectivity index (χ3v) is 3.73. The van der Waals surface area contributed by atoms with Gasteiger partial charge in [0.25, 0.3) is 5.91 Å². The number of benzene rings is 1. The summed E-state index contributed by atoms with van der Waals surface area (Å²) in [5, 5.41) is 7.11. The molecule has 1 atom stereocenters. The fourth-order valence-corrected chi connectivity index (χ4v) is 2.31. The molecule has 2 rings (SSSR count). The maximum absolute atomic E-state index is 12.1. The highest BCUT2D eigenvalue weighted by Gasteiger charge is 2.15. The Labute approximate surface area is 113 Å². The van der Waals surface area contributed by atoms with Gasteiger partial charge in [0.05, 0.1) is 0 Å². The van der Waals surface area contributed by atoms with Crippen LogP contribution in [0.3, 0.4) is 0 Å². The lowest BCUT2D eigenvalue weighted by Gasteiger charge is -2.16. The predicted molar refractivity (Wildman–Crippen MR) is 74.2 cm³/mol. The van der Waals surface area contributed by atoms with E-state index in [4.69, 9.17) is 11.6 Å². The normalized spacial score (nSPS) is 20.2. The van der Waals surface area contributed by atoms with E-state index in [0.717, 1.165) is 31.5 Å². The molecule has 0 aliphatic carbocycles. The molecular formula is C14H19ClN2O. The Bertz CT molecular complexity index is 426. The Kier molecular flexibility index (Phi) is 4.61. The van der Waals surface area contributed by atoms with E-state index in [9.17, 15) is 4.79 Å². The highest BCUT2D eigenvalue weighted by molar-refractivity contribution is 6.31. The van der Waals surface area contributed by atoms with Gasteiger partial charge in [-0.05, 0) is 50.1 Å². The van der Waals surface area contributed by atoms with E-state index in [0.29, 0.717) is 10.6 Å². The van der Waals surface area contributed by atoms with Crippen LogP contribution in [0.4, 0.5) is 0 Å². The number of nitrogens with one attached hydrogen (secondary N) is 2. The minimum atomic E-state index is -0.0107. The van der Waals surface area contributed by atoms with E-state index in [1.807, 2.05) is 13.0 Å². The molecule has 0 spiro atoms. The van der Waals surface area contributed by atoms with E-state index < -0.39 is 0 Å². The Morgan fingerprint density at radius 2 is 2.28 bits per heavy atom. The van der Waals surface area contributed by atoms with Crippen LogP contribution in [0.15, 0.2) is 18.2 Å². The summed E-state index contributed by atoms with van der Waals surface area (Å²) in [5.74, 6) is -0.0107. The van der Waals surface area contributed by atoms with Gasteiger partial charge in [0.1, 0.15) is 0 Å². The molecule has 1 aliphatic rings. The maximum atomic E-state index is 12.1. The van der Waals surface area contributed by atoms with Crippen molar-refractivity contribution in [3.63, 3.8) is 0 Å². The maximum Gasteiger partial charge on any atom is 0.251 e. The summed E-state index contributed by atoms with van der Waals surface area (Å²) < 4.78 is 0. The zero-order valence-electron chi connectivity index (χ0n) is 10.6. The van der Waals surface area contributed by atoms with Gasteiger partial charge in [-0.3, -0.25) is 4.79 Å². The fraction of sp³-hybridized carbons (Fsp3) is 0.500. The number of rotatable bonds is 2. The minimum Gasteiger partial charge on any atom is -0.348 e. The van der Waals surface area contributed by atoms with Crippen molar-refractivity contribution in [3.05, 3.63) is 34.3 Å². The molecule has 1 heterocycles. The monoisotopic (exact) mass is 266 g/mol. The quantitative estimate of drug-likeness (QED) is 0.864. The molecule has 2 N–H and O–H groups in total. The van der Waals surface area contributed by atoms with Crippen LogP contribution in [-0.2, 0) is 0 Å². The third kappa shape index (κ3) is 3.47. The molecule has 0 saturated carbocycles. The van der Waals surface area contributed by atoms with Crippen molar-refractivity contribution in [2.45, 2.75) is 32.2 Å². The number of aryl methyl sites for hydroxylation is 1. The Morgan fingerprint density at radius 3 is 3.06 bits per heavy atom. The first-order chi connectivity index (χ1) is 8.66. The largest absolute Gasteiger partial charge is 0.348 e. The molecule has 1 unspecified atom stereocenters. The Morgan fingerprint density at radius 1 is 1.44 bits per heavy atom. The topological polar surface area (TPSA) is 41.1 Å². The summed E-state index contributed by atoms with van der Waals surface area (Å²) in [6, 6.07) is 5.62. The van der Waals surface area contributed by atoms with Crippen molar-refractivity contribution < 1.29 is 4.79 Å². The second-order valence-electron chi connectivity index (χ2n) is 4.83. The first kappa shape index (κ1) is 13.4. The molecule has 0 aromatic heterocycles. The van der Waals surface area contributed by atoms with Crippen LogP contribution in [-0.4, -0.2) is 25.0 Å².